The molecule has 0 aliphatic carbocycles. The molecule has 0 saturated carbocycles. The zero-order chi connectivity index (χ0) is 5.54. The number of hydrogen-bond acceptors (Lipinski definition) is 2. The van der Waals surface area contributed by atoms with Gasteiger partial charge in [-0.05, 0) is 14.0 Å². The molecule has 7 heavy (non-hydrogen) atoms. The molecule has 0 bridgehead atoms. The van der Waals surface area contributed by atoms with Crippen molar-refractivity contribution < 1.29 is 0 Å². The van der Waals surface area contributed by atoms with Crippen LogP contribution in [-0.2, 0) is 0 Å². The Morgan fingerprint density at radius 1 is 1.71 bits per heavy atom. The Bertz CT molecular complexity index is 50.0. The van der Waals surface area contributed by atoms with Crippen LogP contribution in [0.25, 0.3) is 0 Å². The summed E-state index contributed by atoms with van der Waals surface area (Å²) in [6.45, 7) is 3.79. The van der Waals surface area contributed by atoms with Crippen molar-refractivity contribution in [3.05, 3.63) is 0 Å². The van der Waals surface area contributed by atoms with Gasteiger partial charge in [0.15, 0.2) is 0 Å². The molecule has 2 nitrogen and oxygen atoms in total. The summed E-state index contributed by atoms with van der Waals surface area (Å²) in [6.07, 6.45) is 1.88. The second kappa shape index (κ2) is 5.63. The van der Waals surface area contributed by atoms with Crippen molar-refractivity contribution in [3.63, 3.8) is 0 Å². The number of nitrogens with one attached hydrogen (secondary N) is 1. The van der Waals surface area contributed by atoms with Crippen molar-refractivity contribution in [2.24, 2.45) is 4.99 Å². The predicted octanol–water partition coefficient (Wildman–Crippen LogP) is 0.297. The third-order valence-electron chi connectivity index (χ3n) is 0.607. The van der Waals surface area contributed by atoms with Gasteiger partial charge in [-0.2, -0.15) is 0 Å². The number of hydrogen-bond donors (Lipinski definition) is 1. The van der Waals surface area contributed by atoms with Crippen LogP contribution in [0.1, 0.15) is 6.92 Å². The fraction of sp³-hybridized carbons (Fsp3) is 0.800. The second-order valence-corrected chi connectivity index (χ2v) is 1.24. The zero-order valence-electron chi connectivity index (χ0n) is 4.94. The molecule has 0 saturated heterocycles. The van der Waals surface area contributed by atoms with Crippen molar-refractivity contribution >= 4 is 6.21 Å². The molecular formula is C5H12N2. The van der Waals surface area contributed by atoms with Crippen LogP contribution in [0.15, 0.2) is 4.99 Å². The van der Waals surface area contributed by atoms with E-state index in [0.717, 1.165) is 13.1 Å². The Morgan fingerprint density at radius 3 is 2.86 bits per heavy atom. The van der Waals surface area contributed by atoms with Crippen LogP contribution >= 0.6 is 0 Å². The molecule has 0 atom stereocenters. The van der Waals surface area contributed by atoms with E-state index < -0.39 is 0 Å². The Kier molecular flexibility index (Phi) is 5.33. The smallest absolute Gasteiger partial charge is 0.0357 e. The number of nitrogens with zero attached hydrogens (tertiary/aromatic N) is 1. The molecular weight excluding hydrogens is 88.1 g/mol. The van der Waals surface area contributed by atoms with Gasteiger partial charge < -0.3 is 5.32 Å². The molecule has 0 amide bonds. The molecule has 0 aromatic rings. The first-order valence-corrected chi connectivity index (χ1v) is 2.54. The molecule has 42 valence electrons. The molecule has 0 aliphatic rings. The maximum atomic E-state index is 3.97. The van der Waals surface area contributed by atoms with E-state index in [9.17, 15) is 0 Å². The molecule has 0 aromatic carbocycles. The minimum atomic E-state index is 0.883. The van der Waals surface area contributed by atoms with Gasteiger partial charge in [-0.15, -0.1) is 0 Å². The highest BCUT2D eigenvalue weighted by atomic mass is 14.8. The van der Waals surface area contributed by atoms with Crippen LogP contribution in [0, 0.1) is 0 Å². The maximum absolute atomic E-state index is 3.97. The van der Waals surface area contributed by atoms with Crippen molar-refractivity contribution in [2.75, 3.05) is 20.1 Å². The summed E-state index contributed by atoms with van der Waals surface area (Å²) in [6, 6.07) is 0. The average molecular weight is 100 g/mol. The Hall–Kier alpha value is -0.370. The molecule has 0 rings (SSSR count). The highest BCUT2D eigenvalue weighted by Crippen LogP contribution is 1.59. The summed E-state index contributed by atoms with van der Waals surface area (Å²) in [5.41, 5.74) is 0. The highest BCUT2D eigenvalue weighted by Gasteiger charge is 1.65. The van der Waals surface area contributed by atoms with Crippen LogP contribution in [0.5, 0.6) is 0 Å². The van der Waals surface area contributed by atoms with Crippen LogP contribution in [0.4, 0.5) is 0 Å². The Morgan fingerprint density at radius 2 is 2.43 bits per heavy atom. The van der Waals surface area contributed by atoms with E-state index in [2.05, 4.69) is 10.3 Å². The highest BCUT2D eigenvalue weighted by molar-refractivity contribution is 5.59. The number of aliphatic imine (C=N–C) groups is 1. The van der Waals surface area contributed by atoms with E-state index in [1.807, 2.05) is 20.2 Å². The molecule has 0 fully saturated rings. The van der Waals surface area contributed by atoms with E-state index >= 15 is 0 Å². The Labute approximate surface area is 44.6 Å². The first-order chi connectivity index (χ1) is 3.41. The molecule has 0 aliphatic heterocycles. The maximum Gasteiger partial charge on any atom is 0.0357 e. The molecule has 0 spiro atoms. The first kappa shape index (κ1) is 6.63. The quantitative estimate of drug-likeness (QED) is 0.507. The average Bonchev–Trinajstić information content (AvgIpc) is 1.69. The van der Waals surface area contributed by atoms with E-state index in [-0.39, 0.29) is 0 Å². The van der Waals surface area contributed by atoms with Crippen molar-refractivity contribution in [1.82, 2.24) is 5.32 Å². The summed E-state index contributed by atoms with van der Waals surface area (Å²) in [5, 5.41) is 2.95. The lowest BCUT2D eigenvalue weighted by molar-refractivity contribution is 0.950. The summed E-state index contributed by atoms with van der Waals surface area (Å²) in [7, 11) is 1.90. The standard InChI is InChI=1S/C5H12N2/c1-3-7-5-4-6-2/h5-6H,3-4H2,1-2H3/b7-5-. The fourth-order valence-corrected chi connectivity index (χ4v) is 0.285. The van der Waals surface area contributed by atoms with E-state index in [0.29, 0.717) is 0 Å². The monoisotopic (exact) mass is 100 g/mol. The topological polar surface area (TPSA) is 24.4 Å². The van der Waals surface area contributed by atoms with Gasteiger partial charge >= 0.3 is 0 Å². The van der Waals surface area contributed by atoms with Crippen molar-refractivity contribution in [1.29, 1.82) is 0 Å². The third kappa shape index (κ3) is 5.63. The first-order valence-electron chi connectivity index (χ1n) is 2.54. The minimum absolute atomic E-state index is 0.883. The van der Waals surface area contributed by atoms with Crippen molar-refractivity contribution in [3.8, 4) is 0 Å². The molecule has 0 aromatic heterocycles. The predicted molar refractivity (Wildman–Crippen MR) is 33.0 cm³/mol. The van der Waals surface area contributed by atoms with Gasteiger partial charge in [0.2, 0.25) is 0 Å². The normalized spacial score (nSPS) is 10.6. The summed E-state index contributed by atoms with van der Waals surface area (Å²) < 4.78 is 0. The molecule has 2 heteroatoms. The lowest BCUT2D eigenvalue weighted by atomic mass is 10.7. The summed E-state index contributed by atoms with van der Waals surface area (Å²) in [4.78, 5) is 3.97. The van der Waals surface area contributed by atoms with E-state index in [1.165, 1.54) is 0 Å². The lowest BCUT2D eigenvalue weighted by Crippen LogP contribution is -2.08. The lowest BCUT2D eigenvalue weighted by Gasteiger charge is -1.83. The fourth-order valence-electron chi connectivity index (χ4n) is 0.285. The number of rotatable bonds is 3. The molecule has 0 heterocycles. The third-order valence-corrected chi connectivity index (χ3v) is 0.607. The van der Waals surface area contributed by atoms with Gasteiger partial charge in [0.1, 0.15) is 0 Å². The van der Waals surface area contributed by atoms with Gasteiger partial charge in [-0.3, -0.25) is 4.99 Å². The van der Waals surface area contributed by atoms with Gasteiger partial charge in [0.25, 0.3) is 0 Å². The van der Waals surface area contributed by atoms with Crippen LogP contribution < -0.4 is 5.32 Å². The SMILES string of the molecule is CC/N=C\CNC. The van der Waals surface area contributed by atoms with Crippen LogP contribution in [0.2, 0.25) is 0 Å². The van der Waals surface area contributed by atoms with Crippen LogP contribution in [0.3, 0.4) is 0 Å². The largest absolute Gasteiger partial charge is 0.315 e. The van der Waals surface area contributed by atoms with Gasteiger partial charge in [0, 0.05) is 19.3 Å². The molecule has 0 radical (unpaired) electrons. The summed E-state index contributed by atoms with van der Waals surface area (Å²) in [5.74, 6) is 0. The summed E-state index contributed by atoms with van der Waals surface area (Å²) >= 11 is 0. The van der Waals surface area contributed by atoms with E-state index in [1.54, 1.807) is 0 Å². The zero-order valence-corrected chi connectivity index (χ0v) is 4.94. The van der Waals surface area contributed by atoms with Crippen molar-refractivity contribution in [2.45, 2.75) is 6.92 Å². The van der Waals surface area contributed by atoms with E-state index in [4.69, 9.17) is 0 Å². The van der Waals surface area contributed by atoms with Crippen LogP contribution in [-0.4, -0.2) is 26.4 Å². The van der Waals surface area contributed by atoms with Gasteiger partial charge in [-0.1, -0.05) is 0 Å². The van der Waals surface area contributed by atoms with Gasteiger partial charge in [0.05, 0.1) is 0 Å². The minimum Gasteiger partial charge on any atom is -0.315 e. The second-order valence-electron chi connectivity index (χ2n) is 1.24. The molecule has 1 N–H and O–H groups in total. The van der Waals surface area contributed by atoms with Gasteiger partial charge in [-0.25, -0.2) is 0 Å². The molecule has 0 unspecified atom stereocenters. The Balaban J connectivity index is 2.78.